The third kappa shape index (κ3) is 7.03. The molecule has 0 aliphatic heterocycles. The second-order valence-electron chi connectivity index (χ2n) is 6.44. The summed E-state index contributed by atoms with van der Waals surface area (Å²) < 4.78 is 18.0. The van der Waals surface area contributed by atoms with Crippen molar-refractivity contribution in [3.05, 3.63) is 71.0 Å². The minimum absolute atomic E-state index is 0.153. The van der Waals surface area contributed by atoms with E-state index in [1.165, 1.54) is 17.0 Å². The van der Waals surface area contributed by atoms with Gasteiger partial charge in [0.2, 0.25) is 5.91 Å². The smallest absolute Gasteiger partial charge is 0.338 e. The van der Waals surface area contributed by atoms with E-state index in [-0.39, 0.29) is 24.8 Å². The Balaban J connectivity index is 1.80. The summed E-state index contributed by atoms with van der Waals surface area (Å²) in [5.41, 5.74) is 2.22. The van der Waals surface area contributed by atoms with Crippen LogP contribution in [0.5, 0.6) is 0 Å². The van der Waals surface area contributed by atoms with Crippen molar-refractivity contribution in [1.82, 2.24) is 10.2 Å². The van der Waals surface area contributed by atoms with Gasteiger partial charge < -0.3 is 15.0 Å². The van der Waals surface area contributed by atoms with E-state index < -0.39 is 18.5 Å². The van der Waals surface area contributed by atoms with E-state index in [9.17, 15) is 18.8 Å². The van der Waals surface area contributed by atoms with E-state index >= 15 is 0 Å². The molecule has 2 rings (SSSR count). The number of ether oxygens (including phenoxy) is 1. The van der Waals surface area contributed by atoms with Crippen LogP contribution < -0.4 is 5.32 Å². The first-order chi connectivity index (χ1) is 13.9. The highest BCUT2D eigenvalue weighted by Crippen LogP contribution is 2.07. The molecule has 2 amide bonds. The van der Waals surface area contributed by atoms with E-state index in [4.69, 9.17) is 4.74 Å². The average molecular weight is 400 g/mol. The highest BCUT2D eigenvalue weighted by Gasteiger charge is 2.18. The van der Waals surface area contributed by atoms with Crippen molar-refractivity contribution in [2.24, 2.45) is 0 Å². The molecule has 0 aliphatic carbocycles. The molecule has 6 nitrogen and oxygen atoms in total. The fourth-order valence-corrected chi connectivity index (χ4v) is 2.59. The molecule has 0 fully saturated rings. The molecule has 0 spiro atoms. The van der Waals surface area contributed by atoms with Crippen molar-refractivity contribution in [2.45, 2.75) is 26.8 Å². The van der Waals surface area contributed by atoms with Gasteiger partial charge in [-0.1, -0.05) is 31.2 Å². The lowest BCUT2D eigenvalue weighted by Gasteiger charge is -2.20. The third-order valence-electron chi connectivity index (χ3n) is 4.40. The van der Waals surface area contributed by atoms with Crippen LogP contribution in [0.15, 0.2) is 48.5 Å². The van der Waals surface area contributed by atoms with E-state index in [1.807, 2.05) is 19.1 Å². The van der Waals surface area contributed by atoms with Crippen LogP contribution >= 0.6 is 0 Å². The number of likely N-dealkylation sites (N-methyl/N-ethyl adjacent to an activating group) is 1. The normalized spacial score (nSPS) is 10.3. The molecule has 154 valence electrons. The zero-order chi connectivity index (χ0) is 21.2. The molecule has 0 aliphatic rings. The molecule has 0 heterocycles. The first kappa shape index (κ1) is 22.1. The maximum Gasteiger partial charge on any atom is 0.338 e. The number of halogens is 1. The van der Waals surface area contributed by atoms with E-state index in [2.05, 4.69) is 5.32 Å². The van der Waals surface area contributed by atoms with Crippen LogP contribution in [0.1, 0.15) is 35.3 Å². The molecule has 0 bridgehead atoms. The standard InChI is InChI=1S/C22H25FN2O4/c1-3-16-5-9-18(10-6-16)22(28)29-15-21(27)25(4-2)14-20(26)24-13-17-7-11-19(23)12-8-17/h5-12H,3-4,13-15H2,1-2H3,(H,24,26). The largest absolute Gasteiger partial charge is 0.452 e. The minimum Gasteiger partial charge on any atom is -0.452 e. The number of hydrogen-bond donors (Lipinski definition) is 1. The number of carbonyl (C=O) groups excluding carboxylic acids is 3. The number of benzene rings is 2. The highest BCUT2D eigenvalue weighted by atomic mass is 19.1. The van der Waals surface area contributed by atoms with Gasteiger partial charge in [0, 0.05) is 13.1 Å². The summed E-state index contributed by atoms with van der Waals surface area (Å²) in [6.45, 7) is 3.68. The highest BCUT2D eigenvalue weighted by molar-refractivity contribution is 5.92. The number of hydrogen-bond acceptors (Lipinski definition) is 4. The van der Waals surface area contributed by atoms with Crippen LogP contribution in [-0.4, -0.2) is 42.4 Å². The summed E-state index contributed by atoms with van der Waals surface area (Å²) in [6, 6.07) is 12.8. The zero-order valence-corrected chi connectivity index (χ0v) is 16.6. The Morgan fingerprint density at radius 3 is 2.17 bits per heavy atom. The van der Waals surface area contributed by atoms with Crippen LogP contribution in [0.2, 0.25) is 0 Å². The molecule has 0 unspecified atom stereocenters. The molecule has 0 radical (unpaired) electrons. The van der Waals surface area contributed by atoms with Crippen molar-refractivity contribution in [3.63, 3.8) is 0 Å². The predicted molar refractivity (Wildman–Crippen MR) is 107 cm³/mol. The van der Waals surface area contributed by atoms with Crippen LogP contribution in [0.25, 0.3) is 0 Å². The molecular formula is C22H25FN2O4. The molecule has 1 N–H and O–H groups in total. The summed E-state index contributed by atoms with van der Waals surface area (Å²) in [5.74, 6) is -1.74. The van der Waals surface area contributed by atoms with Crippen molar-refractivity contribution in [1.29, 1.82) is 0 Å². The molecule has 0 saturated heterocycles. The Bertz CT molecular complexity index is 835. The number of rotatable bonds is 9. The Morgan fingerprint density at radius 2 is 1.59 bits per heavy atom. The van der Waals surface area contributed by atoms with Gasteiger partial charge in [0.25, 0.3) is 5.91 Å². The van der Waals surface area contributed by atoms with Gasteiger partial charge >= 0.3 is 5.97 Å². The van der Waals surface area contributed by atoms with Crippen molar-refractivity contribution < 1.29 is 23.5 Å². The average Bonchev–Trinajstić information content (AvgIpc) is 2.75. The Kier molecular flexibility index (Phi) is 8.33. The third-order valence-corrected chi connectivity index (χ3v) is 4.40. The molecule has 2 aromatic carbocycles. The molecule has 0 aromatic heterocycles. The van der Waals surface area contributed by atoms with Gasteiger partial charge in [-0.25, -0.2) is 9.18 Å². The fourth-order valence-electron chi connectivity index (χ4n) is 2.59. The monoisotopic (exact) mass is 400 g/mol. The second-order valence-corrected chi connectivity index (χ2v) is 6.44. The lowest BCUT2D eigenvalue weighted by atomic mass is 10.1. The van der Waals surface area contributed by atoms with Gasteiger partial charge in [-0.3, -0.25) is 9.59 Å². The zero-order valence-electron chi connectivity index (χ0n) is 16.6. The molecule has 0 atom stereocenters. The van der Waals surface area contributed by atoms with Crippen LogP contribution in [-0.2, 0) is 27.3 Å². The van der Waals surface area contributed by atoms with Crippen LogP contribution in [0.4, 0.5) is 4.39 Å². The van der Waals surface area contributed by atoms with E-state index in [1.54, 1.807) is 31.2 Å². The number of aryl methyl sites for hydroxylation is 1. The van der Waals surface area contributed by atoms with Gasteiger partial charge in [-0.05, 0) is 48.7 Å². The number of nitrogens with zero attached hydrogens (tertiary/aromatic N) is 1. The first-order valence-corrected chi connectivity index (χ1v) is 9.47. The molecular weight excluding hydrogens is 375 g/mol. The fraction of sp³-hybridized carbons (Fsp3) is 0.318. The van der Waals surface area contributed by atoms with Crippen LogP contribution in [0.3, 0.4) is 0 Å². The second kappa shape index (κ2) is 10.9. The van der Waals surface area contributed by atoms with Gasteiger partial charge in [0.05, 0.1) is 12.1 Å². The van der Waals surface area contributed by atoms with Gasteiger partial charge in [0.15, 0.2) is 6.61 Å². The van der Waals surface area contributed by atoms with Gasteiger partial charge in [-0.15, -0.1) is 0 Å². The molecule has 0 saturated carbocycles. The maximum atomic E-state index is 12.9. The van der Waals surface area contributed by atoms with Crippen molar-refractivity contribution in [3.8, 4) is 0 Å². The lowest BCUT2D eigenvalue weighted by molar-refractivity contribution is -0.138. The van der Waals surface area contributed by atoms with Gasteiger partial charge in [-0.2, -0.15) is 0 Å². The Labute approximate surface area is 169 Å². The van der Waals surface area contributed by atoms with Gasteiger partial charge in [0.1, 0.15) is 5.82 Å². The number of carbonyl (C=O) groups is 3. The SMILES string of the molecule is CCc1ccc(C(=O)OCC(=O)N(CC)CC(=O)NCc2ccc(F)cc2)cc1. The number of nitrogens with one attached hydrogen (secondary N) is 1. The summed E-state index contributed by atoms with van der Waals surface area (Å²) in [5, 5.41) is 2.68. The maximum absolute atomic E-state index is 12.9. The van der Waals surface area contributed by atoms with Crippen molar-refractivity contribution in [2.75, 3.05) is 19.7 Å². The Morgan fingerprint density at radius 1 is 0.966 bits per heavy atom. The molecule has 29 heavy (non-hydrogen) atoms. The molecule has 7 heteroatoms. The summed E-state index contributed by atoms with van der Waals surface area (Å²) >= 11 is 0. The van der Waals surface area contributed by atoms with Crippen LogP contribution in [0, 0.1) is 5.82 Å². The minimum atomic E-state index is -0.585. The summed E-state index contributed by atoms with van der Waals surface area (Å²) in [4.78, 5) is 37.7. The van der Waals surface area contributed by atoms with Crippen molar-refractivity contribution >= 4 is 17.8 Å². The summed E-state index contributed by atoms with van der Waals surface area (Å²) in [6.07, 6.45) is 0.864. The lowest BCUT2D eigenvalue weighted by Crippen LogP contribution is -2.42. The Hall–Kier alpha value is -3.22. The first-order valence-electron chi connectivity index (χ1n) is 9.47. The summed E-state index contributed by atoms with van der Waals surface area (Å²) in [7, 11) is 0. The topological polar surface area (TPSA) is 75.7 Å². The van der Waals surface area contributed by atoms with E-state index in [0.717, 1.165) is 17.5 Å². The predicted octanol–water partition coefficient (Wildman–Crippen LogP) is 2.71. The van der Waals surface area contributed by atoms with E-state index in [0.29, 0.717) is 12.1 Å². The number of amides is 2. The quantitative estimate of drug-likeness (QED) is 0.657. The molecule has 2 aromatic rings. The number of esters is 1.